The molecule has 2 atom stereocenters. The fourth-order valence-corrected chi connectivity index (χ4v) is 4.92. The van der Waals surface area contributed by atoms with Gasteiger partial charge >= 0.3 is 5.97 Å². The van der Waals surface area contributed by atoms with Crippen molar-refractivity contribution >= 4 is 17.3 Å². The van der Waals surface area contributed by atoms with Crippen LogP contribution in [0, 0.1) is 5.92 Å². The molecule has 4 nitrogen and oxygen atoms in total. The van der Waals surface area contributed by atoms with Gasteiger partial charge in [-0.15, -0.1) is 11.3 Å². The smallest absolute Gasteiger partial charge is 0.312 e. The van der Waals surface area contributed by atoms with E-state index in [4.69, 9.17) is 9.72 Å². The first-order valence-corrected chi connectivity index (χ1v) is 8.86. The summed E-state index contributed by atoms with van der Waals surface area (Å²) in [6, 6.07) is 0. The molecular weight excluding hydrogens is 286 g/mol. The number of aliphatic carboxylic acids is 1. The Morgan fingerprint density at radius 1 is 1.38 bits per heavy atom. The van der Waals surface area contributed by atoms with Crippen LogP contribution in [0.2, 0.25) is 0 Å². The maximum absolute atomic E-state index is 11.3. The van der Waals surface area contributed by atoms with Gasteiger partial charge in [-0.2, -0.15) is 0 Å². The highest BCUT2D eigenvalue weighted by Gasteiger charge is 2.35. The number of carboxylic acid groups (broad SMARTS) is 1. The summed E-state index contributed by atoms with van der Waals surface area (Å²) in [5.41, 5.74) is 0.808. The second kappa shape index (κ2) is 6.44. The minimum atomic E-state index is -0.740. The van der Waals surface area contributed by atoms with Gasteiger partial charge in [0.15, 0.2) is 0 Å². The van der Waals surface area contributed by atoms with Crippen LogP contribution in [0.1, 0.15) is 73.0 Å². The summed E-state index contributed by atoms with van der Waals surface area (Å²) >= 11 is 1.69. The van der Waals surface area contributed by atoms with Crippen molar-refractivity contribution in [3.05, 3.63) is 15.6 Å². The Kier molecular flexibility index (Phi) is 4.60. The second-order valence-corrected chi connectivity index (χ2v) is 7.18. The Bertz CT molecular complexity index is 508. The van der Waals surface area contributed by atoms with Gasteiger partial charge in [-0.1, -0.05) is 19.3 Å². The number of fused-ring (bicyclic) bond motifs is 1. The molecule has 0 aliphatic heterocycles. The first kappa shape index (κ1) is 15.0. The standard InChI is InChI=1S/C16H23NO3S/c1-2-20-14(10-6-4-3-5-7-10)15-17-13-11(16(18)19)8-9-12(13)21-15/h10-11,14H,2-9H2,1H3,(H,18,19). The van der Waals surface area contributed by atoms with Crippen LogP contribution >= 0.6 is 11.3 Å². The normalized spacial score (nSPS) is 24.0. The summed E-state index contributed by atoms with van der Waals surface area (Å²) in [5.74, 6) is -0.594. The third kappa shape index (κ3) is 2.99. The van der Waals surface area contributed by atoms with Gasteiger partial charge in [0.1, 0.15) is 17.0 Å². The lowest BCUT2D eigenvalue weighted by Gasteiger charge is -2.28. The Morgan fingerprint density at radius 3 is 2.81 bits per heavy atom. The molecule has 21 heavy (non-hydrogen) atoms. The van der Waals surface area contributed by atoms with E-state index in [0.29, 0.717) is 18.9 Å². The van der Waals surface area contributed by atoms with Crippen molar-refractivity contribution in [3.8, 4) is 0 Å². The minimum absolute atomic E-state index is 0.0698. The van der Waals surface area contributed by atoms with E-state index < -0.39 is 11.9 Å². The van der Waals surface area contributed by atoms with Crippen LogP contribution in [0.5, 0.6) is 0 Å². The number of hydrogen-bond donors (Lipinski definition) is 1. The Hall–Kier alpha value is -0.940. The zero-order valence-corrected chi connectivity index (χ0v) is 13.3. The summed E-state index contributed by atoms with van der Waals surface area (Å²) in [6.45, 7) is 2.71. The number of carboxylic acids is 1. The van der Waals surface area contributed by atoms with E-state index in [9.17, 15) is 9.90 Å². The number of thiazole rings is 1. The Balaban J connectivity index is 1.83. The zero-order chi connectivity index (χ0) is 14.8. The molecule has 1 aromatic heterocycles. The minimum Gasteiger partial charge on any atom is -0.481 e. The van der Waals surface area contributed by atoms with Gasteiger partial charge in [0.05, 0.1) is 5.69 Å². The van der Waals surface area contributed by atoms with E-state index >= 15 is 0 Å². The molecule has 1 fully saturated rings. The molecule has 5 heteroatoms. The summed E-state index contributed by atoms with van der Waals surface area (Å²) < 4.78 is 6.00. The lowest BCUT2D eigenvalue weighted by atomic mass is 9.85. The molecule has 2 aliphatic rings. The third-order valence-electron chi connectivity index (χ3n) is 4.70. The van der Waals surface area contributed by atoms with E-state index in [0.717, 1.165) is 22.0 Å². The van der Waals surface area contributed by atoms with Crippen LogP contribution in [0.15, 0.2) is 0 Å². The molecule has 1 N–H and O–H groups in total. The van der Waals surface area contributed by atoms with Crippen LogP contribution in [0.25, 0.3) is 0 Å². The van der Waals surface area contributed by atoms with E-state index in [-0.39, 0.29) is 6.10 Å². The molecule has 2 unspecified atom stereocenters. The number of carbonyl (C=O) groups is 1. The van der Waals surface area contributed by atoms with E-state index in [1.807, 2.05) is 6.92 Å². The Morgan fingerprint density at radius 2 is 2.14 bits per heavy atom. The van der Waals surface area contributed by atoms with Crippen molar-refractivity contribution < 1.29 is 14.6 Å². The fraction of sp³-hybridized carbons (Fsp3) is 0.750. The molecule has 0 radical (unpaired) electrons. The topological polar surface area (TPSA) is 59.4 Å². The van der Waals surface area contributed by atoms with Crippen LogP contribution in [0.4, 0.5) is 0 Å². The Labute approximate surface area is 129 Å². The number of aryl methyl sites for hydroxylation is 1. The van der Waals surface area contributed by atoms with Gasteiger partial charge in [-0.25, -0.2) is 4.98 Å². The van der Waals surface area contributed by atoms with Crippen molar-refractivity contribution in [2.24, 2.45) is 5.92 Å². The molecule has 1 saturated carbocycles. The molecule has 0 amide bonds. The summed E-state index contributed by atoms with van der Waals surface area (Å²) in [4.78, 5) is 17.2. The molecule has 1 aromatic rings. The molecule has 2 aliphatic carbocycles. The quantitative estimate of drug-likeness (QED) is 0.895. The van der Waals surface area contributed by atoms with E-state index in [1.54, 1.807) is 11.3 Å². The predicted molar refractivity (Wildman–Crippen MR) is 81.8 cm³/mol. The average molecular weight is 309 g/mol. The average Bonchev–Trinajstić information content (AvgIpc) is 3.05. The second-order valence-electron chi connectivity index (χ2n) is 6.06. The van der Waals surface area contributed by atoms with Crippen LogP contribution in [0.3, 0.4) is 0 Å². The van der Waals surface area contributed by atoms with Gasteiger partial charge < -0.3 is 9.84 Å². The van der Waals surface area contributed by atoms with Crippen LogP contribution in [-0.2, 0) is 16.0 Å². The first-order chi connectivity index (χ1) is 10.2. The fourth-order valence-electron chi connectivity index (χ4n) is 3.63. The lowest BCUT2D eigenvalue weighted by molar-refractivity contribution is -0.138. The molecule has 0 aromatic carbocycles. The maximum atomic E-state index is 11.3. The van der Waals surface area contributed by atoms with Gasteiger partial charge in [0, 0.05) is 11.5 Å². The van der Waals surface area contributed by atoms with E-state index in [1.165, 1.54) is 32.1 Å². The van der Waals surface area contributed by atoms with Crippen molar-refractivity contribution in [1.82, 2.24) is 4.98 Å². The molecular formula is C16H23NO3S. The van der Waals surface area contributed by atoms with Crippen molar-refractivity contribution in [2.45, 2.75) is 63.9 Å². The van der Waals surface area contributed by atoms with Crippen molar-refractivity contribution in [2.75, 3.05) is 6.61 Å². The number of ether oxygens (including phenoxy) is 1. The molecule has 0 spiro atoms. The van der Waals surface area contributed by atoms with Crippen LogP contribution in [-0.4, -0.2) is 22.7 Å². The molecule has 3 rings (SSSR count). The van der Waals surface area contributed by atoms with Gasteiger partial charge in [0.25, 0.3) is 0 Å². The highest BCUT2D eigenvalue weighted by Crippen LogP contribution is 2.43. The van der Waals surface area contributed by atoms with Gasteiger partial charge in [-0.05, 0) is 38.5 Å². The molecule has 1 heterocycles. The van der Waals surface area contributed by atoms with E-state index in [2.05, 4.69) is 0 Å². The van der Waals surface area contributed by atoms with Gasteiger partial charge in [0.2, 0.25) is 0 Å². The predicted octanol–water partition coefficient (Wildman–Crippen LogP) is 3.92. The third-order valence-corrected chi connectivity index (χ3v) is 5.89. The van der Waals surface area contributed by atoms with Gasteiger partial charge in [-0.3, -0.25) is 4.79 Å². The molecule has 0 saturated heterocycles. The number of aromatic nitrogens is 1. The van der Waals surface area contributed by atoms with Crippen molar-refractivity contribution in [3.63, 3.8) is 0 Å². The first-order valence-electron chi connectivity index (χ1n) is 8.04. The lowest BCUT2D eigenvalue weighted by Crippen LogP contribution is -2.19. The molecule has 116 valence electrons. The van der Waals surface area contributed by atoms with Crippen LogP contribution < -0.4 is 0 Å². The highest BCUT2D eigenvalue weighted by atomic mass is 32.1. The number of hydrogen-bond acceptors (Lipinski definition) is 4. The number of nitrogens with zero attached hydrogens (tertiary/aromatic N) is 1. The van der Waals surface area contributed by atoms with Crippen molar-refractivity contribution in [1.29, 1.82) is 0 Å². The maximum Gasteiger partial charge on any atom is 0.312 e. The summed E-state index contributed by atoms with van der Waals surface area (Å²) in [5, 5.41) is 10.3. The monoisotopic (exact) mass is 309 g/mol. The molecule has 0 bridgehead atoms. The summed E-state index contributed by atoms with van der Waals surface area (Å²) in [6.07, 6.45) is 7.91. The summed E-state index contributed by atoms with van der Waals surface area (Å²) in [7, 11) is 0. The largest absolute Gasteiger partial charge is 0.481 e. The zero-order valence-electron chi connectivity index (χ0n) is 12.5. The highest BCUT2D eigenvalue weighted by molar-refractivity contribution is 7.11. The SMILES string of the molecule is CCOC(c1nc2c(s1)CCC2C(=O)O)C1CCCCC1. The number of rotatable bonds is 5.